The molecule has 1 saturated heterocycles. The minimum Gasteiger partial charge on any atom is -0.359 e. The van der Waals surface area contributed by atoms with E-state index in [4.69, 9.17) is 0 Å². The third-order valence-electron chi connectivity index (χ3n) is 4.03. The first-order valence-electron chi connectivity index (χ1n) is 6.75. The summed E-state index contributed by atoms with van der Waals surface area (Å²) in [7, 11) is 1.65. The minimum absolute atomic E-state index is 0.0249. The molecule has 18 heavy (non-hydrogen) atoms. The lowest BCUT2D eigenvalue weighted by atomic mass is 9.78. The van der Waals surface area contributed by atoms with Gasteiger partial charge in [0.2, 0.25) is 5.91 Å². The van der Waals surface area contributed by atoms with E-state index in [9.17, 15) is 4.79 Å². The van der Waals surface area contributed by atoms with Gasteiger partial charge in [-0.05, 0) is 38.5 Å². The summed E-state index contributed by atoms with van der Waals surface area (Å²) in [5, 5.41) is 7.15. The highest BCUT2D eigenvalue weighted by Gasteiger charge is 2.39. The van der Waals surface area contributed by atoms with Crippen LogP contribution in [0.2, 0.25) is 0 Å². The maximum absolute atomic E-state index is 11.5. The average Bonchev–Trinajstić information content (AvgIpc) is 2.75. The minimum atomic E-state index is -0.303. The van der Waals surface area contributed by atoms with Gasteiger partial charge in [-0.3, -0.25) is 4.79 Å². The lowest BCUT2D eigenvalue weighted by molar-refractivity contribution is -0.121. The Bertz CT molecular complexity index is 348. The molecule has 1 amide bonds. The van der Waals surface area contributed by atoms with E-state index in [0.29, 0.717) is 0 Å². The van der Waals surface area contributed by atoms with Crippen LogP contribution in [0.3, 0.4) is 0 Å². The number of nitrogens with zero attached hydrogens (tertiary/aromatic N) is 1. The summed E-state index contributed by atoms with van der Waals surface area (Å²) in [6, 6.07) is -0.303. The highest BCUT2D eigenvalue weighted by Crippen LogP contribution is 2.38. The second-order valence-corrected chi connectivity index (χ2v) is 6.57. The Morgan fingerprint density at radius 1 is 1.56 bits per heavy atom. The van der Waals surface area contributed by atoms with Gasteiger partial charge in [0.1, 0.15) is 6.04 Å². The monoisotopic (exact) mass is 269 g/mol. The molecule has 1 unspecified atom stereocenters. The number of hydrogen-bond donors (Lipinski definition) is 2. The maximum atomic E-state index is 11.5. The number of amidine groups is 1. The molecular formula is C13H23N3OS. The van der Waals surface area contributed by atoms with Crippen molar-refractivity contribution in [3.8, 4) is 0 Å². The number of likely N-dealkylation sites (N-methyl/N-ethyl adjacent to an activating group) is 1. The second kappa shape index (κ2) is 5.51. The number of carbonyl (C=O) groups is 1. The van der Waals surface area contributed by atoms with Crippen LogP contribution in [0.5, 0.6) is 0 Å². The molecule has 1 saturated carbocycles. The zero-order chi connectivity index (χ0) is 13.2. The van der Waals surface area contributed by atoms with Gasteiger partial charge >= 0.3 is 0 Å². The van der Waals surface area contributed by atoms with E-state index in [-0.39, 0.29) is 17.5 Å². The van der Waals surface area contributed by atoms with Gasteiger partial charge in [-0.1, -0.05) is 18.7 Å². The molecule has 4 nitrogen and oxygen atoms in total. The summed E-state index contributed by atoms with van der Waals surface area (Å²) < 4.78 is 0. The van der Waals surface area contributed by atoms with Crippen LogP contribution < -0.4 is 10.6 Å². The summed E-state index contributed by atoms with van der Waals surface area (Å²) in [4.78, 5) is 15.9. The Hall–Kier alpha value is -0.710. The van der Waals surface area contributed by atoms with Gasteiger partial charge in [-0.2, -0.15) is 0 Å². The van der Waals surface area contributed by atoms with Crippen molar-refractivity contribution in [2.24, 2.45) is 10.9 Å². The van der Waals surface area contributed by atoms with E-state index < -0.39 is 0 Å². The third kappa shape index (κ3) is 2.99. The van der Waals surface area contributed by atoms with E-state index in [0.717, 1.165) is 16.8 Å². The number of amides is 1. The first-order chi connectivity index (χ1) is 8.54. The number of aliphatic imine (C=N–C) groups is 1. The summed E-state index contributed by atoms with van der Waals surface area (Å²) >= 11 is 1.76. The fourth-order valence-electron chi connectivity index (χ4n) is 2.60. The number of rotatable bonds is 2. The van der Waals surface area contributed by atoms with Gasteiger partial charge in [0.05, 0.1) is 0 Å². The van der Waals surface area contributed by atoms with E-state index in [1.54, 1.807) is 18.8 Å². The molecule has 1 spiro atoms. The molecule has 2 rings (SSSR count). The normalized spacial score (nSPS) is 35.5. The smallest absolute Gasteiger partial charge is 0.244 e. The summed E-state index contributed by atoms with van der Waals surface area (Å²) in [5.41, 5.74) is 0.248. The third-order valence-corrected chi connectivity index (χ3v) is 5.20. The lowest BCUT2D eigenvalue weighted by Crippen LogP contribution is -2.46. The van der Waals surface area contributed by atoms with Crippen LogP contribution in [-0.4, -0.2) is 35.5 Å². The molecule has 0 bridgehead atoms. The van der Waals surface area contributed by atoms with E-state index in [2.05, 4.69) is 22.5 Å². The van der Waals surface area contributed by atoms with Gasteiger partial charge in [0, 0.05) is 18.3 Å². The van der Waals surface area contributed by atoms with Crippen LogP contribution in [0.4, 0.5) is 0 Å². The number of thioether (sulfide) groups is 1. The lowest BCUT2D eigenvalue weighted by Gasteiger charge is -2.35. The molecule has 1 aliphatic heterocycles. The van der Waals surface area contributed by atoms with E-state index >= 15 is 0 Å². The van der Waals surface area contributed by atoms with Gasteiger partial charge in [0.15, 0.2) is 5.17 Å². The fourth-order valence-corrected chi connectivity index (χ4v) is 3.90. The Morgan fingerprint density at radius 3 is 2.83 bits per heavy atom. The number of carbonyl (C=O) groups excluding carboxylic acids is 1. The van der Waals surface area contributed by atoms with Gasteiger partial charge < -0.3 is 10.6 Å². The van der Waals surface area contributed by atoms with Gasteiger partial charge in [0.25, 0.3) is 0 Å². The van der Waals surface area contributed by atoms with Crippen LogP contribution in [0, 0.1) is 5.92 Å². The van der Waals surface area contributed by atoms with E-state index in [1.807, 2.05) is 6.92 Å². The Kier molecular flexibility index (Phi) is 4.20. The predicted molar refractivity (Wildman–Crippen MR) is 76.9 cm³/mol. The van der Waals surface area contributed by atoms with Crippen molar-refractivity contribution in [3.05, 3.63) is 0 Å². The van der Waals surface area contributed by atoms with Crippen molar-refractivity contribution >= 4 is 22.8 Å². The molecule has 2 fully saturated rings. The molecule has 0 aromatic carbocycles. The second-order valence-electron chi connectivity index (χ2n) is 5.60. The molecule has 2 aliphatic rings. The number of hydrogen-bond acceptors (Lipinski definition) is 3. The van der Waals surface area contributed by atoms with Crippen LogP contribution in [0.1, 0.15) is 39.5 Å². The Labute approximate surface area is 113 Å². The molecule has 5 heteroatoms. The van der Waals surface area contributed by atoms with Gasteiger partial charge in [-0.15, -0.1) is 0 Å². The predicted octanol–water partition coefficient (Wildman–Crippen LogP) is 1.76. The zero-order valence-corrected chi connectivity index (χ0v) is 12.3. The summed E-state index contributed by atoms with van der Waals surface area (Å²) in [5.74, 6) is 1.93. The first kappa shape index (κ1) is 13.7. The molecule has 102 valence electrons. The molecule has 0 aromatic rings. The van der Waals surface area contributed by atoms with Crippen molar-refractivity contribution < 1.29 is 4.79 Å². The maximum Gasteiger partial charge on any atom is 0.244 e. The largest absolute Gasteiger partial charge is 0.359 e. The van der Waals surface area contributed by atoms with Crippen LogP contribution in [0.15, 0.2) is 4.99 Å². The quantitative estimate of drug-likeness (QED) is 0.803. The Balaban J connectivity index is 1.95. The molecule has 1 aliphatic carbocycles. The molecular weight excluding hydrogens is 246 g/mol. The van der Waals surface area contributed by atoms with Gasteiger partial charge in [-0.25, -0.2) is 4.99 Å². The van der Waals surface area contributed by atoms with Crippen molar-refractivity contribution in [1.82, 2.24) is 10.6 Å². The molecule has 1 heterocycles. The summed E-state index contributed by atoms with van der Waals surface area (Å²) in [6.45, 7) is 4.17. The SMILES string of the molecule is CNC(=O)C(C)N=C1NC2(CCC(C)CC2)CS1. The first-order valence-corrected chi connectivity index (χ1v) is 7.73. The molecule has 2 N–H and O–H groups in total. The topological polar surface area (TPSA) is 53.5 Å². The van der Waals surface area contributed by atoms with Crippen molar-refractivity contribution in [1.29, 1.82) is 0 Å². The van der Waals surface area contributed by atoms with Crippen molar-refractivity contribution in [2.45, 2.75) is 51.1 Å². The average molecular weight is 269 g/mol. The number of nitrogens with one attached hydrogen (secondary N) is 2. The fraction of sp³-hybridized carbons (Fsp3) is 0.846. The van der Waals surface area contributed by atoms with E-state index in [1.165, 1.54) is 25.7 Å². The zero-order valence-electron chi connectivity index (χ0n) is 11.5. The Morgan fingerprint density at radius 2 is 2.22 bits per heavy atom. The van der Waals surface area contributed by atoms with Crippen molar-refractivity contribution in [3.63, 3.8) is 0 Å². The molecule has 1 atom stereocenters. The van der Waals surface area contributed by atoms with Crippen LogP contribution >= 0.6 is 11.8 Å². The van der Waals surface area contributed by atoms with Crippen LogP contribution in [-0.2, 0) is 4.79 Å². The standard InChI is InChI=1S/C13H23N3OS/c1-9-4-6-13(7-5-9)8-18-12(16-13)15-10(2)11(17)14-3/h9-10H,4-8H2,1-3H3,(H,14,17)(H,15,16). The molecule has 0 radical (unpaired) electrons. The van der Waals surface area contributed by atoms with Crippen LogP contribution in [0.25, 0.3) is 0 Å². The molecule has 0 aromatic heterocycles. The summed E-state index contributed by atoms with van der Waals surface area (Å²) in [6.07, 6.45) is 5.06. The highest BCUT2D eigenvalue weighted by atomic mass is 32.2. The van der Waals surface area contributed by atoms with Crippen molar-refractivity contribution in [2.75, 3.05) is 12.8 Å². The highest BCUT2D eigenvalue weighted by molar-refractivity contribution is 8.14.